The van der Waals surface area contributed by atoms with Crippen molar-refractivity contribution in [2.75, 3.05) is 20.2 Å². The van der Waals surface area contributed by atoms with Gasteiger partial charge in [-0.05, 0) is 18.3 Å². The molecular weight excluding hydrogens is 264 g/mol. The predicted molar refractivity (Wildman–Crippen MR) is 71.2 cm³/mol. The summed E-state index contributed by atoms with van der Waals surface area (Å²) < 4.78 is 4.47. The molecule has 7 heteroatoms. The van der Waals surface area contributed by atoms with Crippen LogP contribution in [0.4, 0.5) is 4.79 Å². The van der Waals surface area contributed by atoms with Gasteiger partial charge in [0.25, 0.3) is 0 Å². The first kappa shape index (κ1) is 16.3. The number of ether oxygens (including phenoxy) is 1. The quantitative estimate of drug-likeness (QED) is 0.746. The third-order valence-electron chi connectivity index (χ3n) is 3.60. The van der Waals surface area contributed by atoms with Crippen LogP contribution in [0.5, 0.6) is 0 Å². The van der Waals surface area contributed by atoms with Crippen LogP contribution in [-0.2, 0) is 14.3 Å². The molecule has 0 aliphatic carbocycles. The number of methoxy groups -OCH3 is 1. The Morgan fingerprint density at radius 3 is 2.60 bits per heavy atom. The Kier molecular flexibility index (Phi) is 5.35. The van der Waals surface area contributed by atoms with E-state index >= 15 is 0 Å². The van der Waals surface area contributed by atoms with Crippen LogP contribution in [0.3, 0.4) is 0 Å². The van der Waals surface area contributed by atoms with Gasteiger partial charge in [-0.1, -0.05) is 13.8 Å². The number of rotatable bonds is 4. The van der Waals surface area contributed by atoms with Crippen molar-refractivity contribution in [1.82, 2.24) is 10.2 Å². The number of amides is 2. The molecule has 7 nitrogen and oxygen atoms in total. The summed E-state index contributed by atoms with van der Waals surface area (Å²) in [6.07, 6.45) is 1.59. The van der Waals surface area contributed by atoms with Crippen molar-refractivity contribution in [2.45, 2.75) is 39.2 Å². The van der Waals surface area contributed by atoms with Crippen molar-refractivity contribution >= 4 is 18.0 Å². The van der Waals surface area contributed by atoms with Gasteiger partial charge in [0, 0.05) is 13.1 Å². The van der Waals surface area contributed by atoms with Crippen LogP contribution < -0.4 is 5.32 Å². The molecule has 0 saturated carbocycles. The second-order valence-corrected chi connectivity index (χ2v) is 5.58. The van der Waals surface area contributed by atoms with Crippen molar-refractivity contribution in [3.05, 3.63) is 0 Å². The molecule has 0 aromatic rings. The first-order valence-corrected chi connectivity index (χ1v) is 6.63. The topological polar surface area (TPSA) is 95.9 Å². The number of urea groups is 1. The highest BCUT2D eigenvalue weighted by Crippen LogP contribution is 2.35. The molecule has 1 unspecified atom stereocenters. The van der Waals surface area contributed by atoms with Gasteiger partial charge in [0.15, 0.2) is 0 Å². The Morgan fingerprint density at radius 1 is 1.40 bits per heavy atom. The molecule has 114 valence electrons. The van der Waals surface area contributed by atoms with Gasteiger partial charge < -0.3 is 20.1 Å². The molecular formula is C13H22N2O5. The third kappa shape index (κ3) is 3.85. The second kappa shape index (κ2) is 6.58. The summed E-state index contributed by atoms with van der Waals surface area (Å²) in [4.78, 5) is 35.8. The van der Waals surface area contributed by atoms with Gasteiger partial charge in [-0.25, -0.2) is 9.59 Å². The summed E-state index contributed by atoms with van der Waals surface area (Å²) in [6, 6.07) is -1.30. The van der Waals surface area contributed by atoms with Gasteiger partial charge in [-0.2, -0.15) is 0 Å². The first-order chi connectivity index (χ1) is 9.29. The molecule has 0 aromatic carbocycles. The normalized spacial score (nSPS) is 21.1. The summed E-state index contributed by atoms with van der Waals surface area (Å²) in [7, 11) is 1.28. The molecule has 0 spiro atoms. The van der Waals surface area contributed by atoms with E-state index in [1.807, 2.05) is 13.8 Å². The van der Waals surface area contributed by atoms with Crippen molar-refractivity contribution in [3.8, 4) is 0 Å². The number of carboxylic acids is 1. The SMILES string of the molecule is COC(=O)CCNC(=O)N1CCCC(C)(C)C1C(=O)O. The number of aliphatic carboxylic acids is 1. The molecule has 1 rings (SSSR count). The standard InChI is InChI=1S/C13H22N2O5/c1-13(2)6-4-8-15(10(13)11(17)18)12(19)14-7-5-9(16)20-3/h10H,4-8H2,1-3H3,(H,14,19)(H,17,18). The number of hydrogen-bond acceptors (Lipinski definition) is 4. The highest BCUT2D eigenvalue weighted by atomic mass is 16.5. The van der Waals surface area contributed by atoms with Crippen molar-refractivity contribution in [3.63, 3.8) is 0 Å². The molecule has 1 aliphatic heterocycles. The van der Waals surface area contributed by atoms with Crippen LogP contribution in [-0.4, -0.2) is 54.2 Å². The zero-order chi connectivity index (χ0) is 15.3. The summed E-state index contributed by atoms with van der Waals surface area (Å²) in [5.74, 6) is -1.42. The average molecular weight is 286 g/mol. The van der Waals surface area contributed by atoms with Gasteiger partial charge in [0.1, 0.15) is 6.04 Å². The average Bonchev–Trinajstić information content (AvgIpc) is 2.36. The summed E-state index contributed by atoms with van der Waals surface area (Å²) in [5.41, 5.74) is -0.468. The summed E-state index contributed by atoms with van der Waals surface area (Å²) in [5, 5.41) is 11.9. The largest absolute Gasteiger partial charge is 0.480 e. The monoisotopic (exact) mass is 286 g/mol. The van der Waals surface area contributed by atoms with E-state index in [-0.39, 0.29) is 13.0 Å². The number of carbonyl (C=O) groups is 3. The molecule has 0 aromatic heterocycles. The minimum Gasteiger partial charge on any atom is -0.480 e. The Labute approximate surface area is 118 Å². The lowest BCUT2D eigenvalue weighted by atomic mass is 9.76. The molecule has 1 aliphatic rings. The van der Waals surface area contributed by atoms with Crippen molar-refractivity contribution < 1.29 is 24.2 Å². The minimum atomic E-state index is -1.00. The second-order valence-electron chi connectivity index (χ2n) is 5.58. The van der Waals surface area contributed by atoms with E-state index in [1.54, 1.807) is 0 Å². The number of esters is 1. The van der Waals surface area contributed by atoms with Gasteiger partial charge >= 0.3 is 18.0 Å². The lowest BCUT2D eigenvalue weighted by Gasteiger charge is -2.43. The zero-order valence-electron chi connectivity index (χ0n) is 12.1. The number of nitrogens with zero attached hydrogens (tertiary/aromatic N) is 1. The Morgan fingerprint density at radius 2 is 2.05 bits per heavy atom. The Hall–Kier alpha value is -1.79. The highest BCUT2D eigenvalue weighted by molar-refractivity contribution is 5.83. The van der Waals surface area contributed by atoms with E-state index in [0.29, 0.717) is 6.54 Å². The van der Waals surface area contributed by atoms with E-state index in [9.17, 15) is 19.5 Å². The van der Waals surface area contributed by atoms with E-state index in [1.165, 1.54) is 12.0 Å². The fraction of sp³-hybridized carbons (Fsp3) is 0.769. The fourth-order valence-corrected chi connectivity index (χ4v) is 2.55. The number of piperidine rings is 1. The predicted octanol–water partition coefficient (Wildman–Crippen LogP) is 0.834. The maximum absolute atomic E-state index is 12.1. The van der Waals surface area contributed by atoms with E-state index in [2.05, 4.69) is 10.1 Å². The Balaban J connectivity index is 2.65. The van der Waals surface area contributed by atoms with Gasteiger partial charge in [-0.3, -0.25) is 4.79 Å². The molecule has 1 saturated heterocycles. The summed E-state index contributed by atoms with van der Waals surface area (Å²) >= 11 is 0. The van der Waals surface area contributed by atoms with Gasteiger partial charge in [0.2, 0.25) is 0 Å². The number of carbonyl (C=O) groups excluding carboxylic acids is 2. The van der Waals surface area contributed by atoms with E-state index in [4.69, 9.17) is 0 Å². The van der Waals surface area contributed by atoms with E-state index in [0.717, 1.165) is 12.8 Å². The maximum Gasteiger partial charge on any atom is 0.327 e. The molecule has 1 atom stereocenters. The van der Waals surface area contributed by atoms with Crippen molar-refractivity contribution in [1.29, 1.82) is 0 Å². The molecule has 0 radical (unpaired) electrons. The van der Waals surface area contributed by atoms with Crippen LogP contribution in [0, 0.1) is 5.41 Å². The summed E-state index contributed by atoms with van der Waals surface area (Å²) in [6.45, 7) is 4.23. The van der Waals surface area contributed by atoms with Crippen molar-refractivity contribution in [2.24, 2.45) is 5.41 Å². The lowest BCUT2D eigenvalue weighted by molar-refractivity contribution is -0.148. The van der Waals surface area contributed by atoms with Crippen LogP contribution in [0.1, 0.15) is 33.1 Å². The number of hydrogen-bond donors (Lipinski definition) is 2. The fourth-order valence-electron chi connectivity index (χ4n) is 2.55. The number of nitrogens with one attached hydrogen (secondary N) is 1. The molecule has 0 bridgehead atoms. The smallest absolute Gasteiger partial charge is 0.327 e. The number of carboxylic acid groups (broad SMARTS) is 1. The molecule has 1 fully saturated rings. The zero-order valence-corrected chi connectivity index (χ0v) is 12.1. The minimum absolute atomic E-state index is 0.0667. The van der Waals surface area contributed by atoms with E-state index < -0.39 is 29.4 Å². The number of likely N-dealkylation sites (tertiary alicyclic amines) is 1. The third-order valence-corrected chi connectivity index (χ3v) is 3.60. The van der Waals surface area contributed by atoms with Crippen LogP contribution in [0.2, 0.25) is 0 Å². The molecule has 2 N–H and O–H groups in total. The van der Waals surface area contributed by atoms with Crippen LogP contribution >= 0.6 is 0 Å². The van der Waals surface area contributed by atoms with Crippen LogP contribution in [0.25, 0.3) is 0 Å². The molecule has 2 amide bonds. The first-order valence-electron chi connectivity index (χ1n) is 6.63. The lowest BCUT2D eigenvalue weighted by Crippen LogP contribution is -2.58. The molecule has 1 heterocycles. The van der Waals surface area contributed by atoms with Crippen LogP contribution in [0.15, 0.2) is 0 Å². The maximum atomic E-state index is 12.1. The Bertz CT molecular complexity index is 394. The molecule has 20 heavy (non-hydrogen) atoms. The van der Waals surface area contributed by atoms with Gasteiger partial charge in [0.05, 0.1) is 13.5 Å². The highest BCUT2D eigenvalue weighted by Gasteiger charge is 2.44. The van der Waals surface area contributed by atoms with Gasteiger partial charge in [-0.15, -0.1) is 0 Å².